The van der Waals surface area contributed by atoms with Crippen molar-refractivity contribution in [2.24, 2.45) is 23.2 Å². The summed E-state index contributed by atoms with van der Waals surface area (Å²) in [6, 6.07) is 0. The summed E-state index contributed by atoms with van der Waals surface area (Å²) < 4.78 is 10.9. The fourth-order valence-corrected chi connectivity index (χ4v) is 5.27. The van der Waals surface area contributed by atoms with E-state index in [0.717, 1.165) is 43.1 Å². The summed E-state index contributed by atoms with van der Waals surface area (Å²) in [6.07, 6.45) is 8.67. The van der Waals surface area contributed by atoms with Crippen LogP contribution in [0.4, 0.5) is 0 Å². The van der Waals surface area contributed by atoms with E-state index in [-0.39, 0.29) is 11.4 Å². The second kappa shape index (κ2) is 5.95. The second-order valence-corrected chi connectivity index (χ2v) is 8.47. The fourth-order valence-electron chi connectivity index (χ4n) is 5.27. The SMILES string of the molecule is C=CC(=O)OC(C)(C)CCOC(=O)C12CC3CC(CC(C3)C1)C2. The molecule has 0 aromatic heterocycles. The van der Waals surface area contributed by atoms with E-state index in [1.54, 1.807) is 0 Å². The zero-order chi connectivity index (χ0) is 16.7. The molecule has 0 aliphatic heterocycles. The standard InChI is InChI=1S/C19H28O4/c1-4-16(20)23-18(2,3)5-6-22-17(21)19-10-13-7-14(11-19)9-15(8-13)12-19/h4,13-15H,1,5-12H2,2-3H3. The molecule has 4 aliphatic rings. The van der Waals surface area contributed by atoms with Crippen LogP contribution in [0.5, 0.6) is 0 Å². The molecule has 4 nitrogen and oxygen atoms in total. The fraction of sp³-hybridized carbons (Fsp3) is 0.789. The number of hydrogen-bond acceptors (Lipinski definition) is 4. The molecule has 128 valence electrons. The number of carbonyl (C=O) groups excluding carboxylic acids is 2. The van der Waals surface area contributed by atoms with Crippen molar-refractivity contribution in [3.8, 4) is 0 Å². The largest absolute Gasteiger partial charge is 0.465 e. The minimum Gasteiger partial charge on any atom is -0.465 e. The molecule has 0 radical (unpaired) electrons. The highest BCUT2D eigenvalue weighted by molar-refractivity contribution is 5.81. The van der Waals surface area contributed by atoms with E-state index in [1.807, 2.05) is 13.8 Å². The molecule has 4 fully saturated rings. The third-order valence-corrected chi connectivity index (χ3v) is 5.95. The van der Waals surface area contributed by atoms with Gasteiger partial charge < -0.3 is 9.47 Å². The normalized spacial score (nSPS) is 35.0. The Morgan fingerprint density at radius 1 is 1.13 bits per heavy atom. The van der Waals surface area contributed by atoms with Gasteiger partial charge in [-0.25, -0.2) is 4.79 Å². The third-order valence-electron chi connectivity index (χ3n) is 5.95. The van der Waals surface area contributed by atoms with Gasteiger partial charge >= 0.3 is 11.9 Å². The first-order valence-corrected chi connectivity index (χ1v) is 8.84. The molecule has 0 N–H and O–H groups in total. The minimum atomic E-state index is -0.646. The Labute approximate surface area is 138 Å². The summed E-state index contributed by atoms with van der Waals surface area (Å²) >= 11 is 0. The summed E-state index contributed by atoms with van der Waals surface area (Å²) in [6.45, 7) is 7.36. The van der Waals surface area contributed by atoms with Crippen LogP contribution in [0.25, 0.3) is 0 Å². The molecule has 0 heterocycles. The van der Waals surface area contributed by atoms with Gasteiger partial charge in [-0.1, -0.05) is 6.58 Å². The Bertz CT molecular complexity index is 470. The van der Waals surface area contributed by atoms with Gasteiger partial charge in [-0.3, -0.25) is 4.79 Å². The van der Waals surface area contributed by atoms with Crippen LogP contribution in [0.2, 0.25) is 0 Å². The Morgan fingerprint density at radius 3 is 2.13 bits per heavy atom. The van der Waals surface area contributed by atoms with Crippen molar-refractivity contribution in [3.05, 3.63) is 12.7 Å². The van der Waals surface area contributed by atoms with Gasteiger partial charge in [0.25, 0.3) is 0 Å². The maximum absolute atomic E-state index is 12.7. The quantitative estimate of drug-likeness (QED) is 0.554. The monoisotopic (exact) mass is 320 g/mol. The zero-order valence-electron chi connectivity index (χ0n) is 14.3. The summed E-state index contributed by atoms with van der Waals surface area (Å²) in [7, 11) is 0. The molecular weight excluding hydrogens is 292 g/mol. The molecular formula is C19H28O4. The average molecular weight is 320 g/mol. The molecule has 4 rings (SSSR count). The van der Waals surface area contributed by atoms with Gasteiger partial charge in [0.1, 0.15) is 5.60 Å². The number of carbonyl (C=O) groups is 2. The number of rotatable bonds is 6. The van der Waals surface area contributed by atoms with Crippen molar-refractivity contribution >= 4 is 11.9 Å². The topological polar surface area (TPSA) is 52.6 Å². The van der Waals surface area contributed by atoms with Gasteiger partial charge in [0.15, 0.2) is 0 Å². The van der Waals surface area contributed by atoms with Gasteiger partial charge in [-0.15, -0.1) is 0 Å². The second-order valence-electron chi connectivity index (χ2n) is 8.47. The molecule has 4 aliphatic carbocycles. The molecule has 4 heteroatoms. The van der Waals surface area contributed by atoms with Crippen LogP contribution in [0, 0.1) is 23.2 Å². The first-order valence-electron chi connectivity index (χ1n) is 8.84. The lowest BCUT2D eigenvalue weighted by Crippen LogP contribution is -2.50. The van der Waals surface area contributed by atoms with E-state index < -0.39 is 11.6 Å². The number of ether oxygens (including phenoxy) is 2. The van der Waals surface area contributed by atoms with Gasteiger partial charge in [-0.2, -0.15) is 0 Å². The Kier molecular flexibility index (Phi) is 4.28. The molecule has 23 heavy (non-hydrogen) atoms. The van der Waals surface area contributed by atoms with Crippen LogP contribution in [-0.4, -0.2) is 24.1 Å². The van der Waals surface area contributed by atoms with E-state index in [0.29, 0.717) is 13.0 Å². The van der Waals surface area contributed by atoms with Crippen LogP contribution >= 0.6 is 0 Å². The number of hydrogen-bond donors (Lipinski definition) is 0. The highest BCUT2D eigenvalue weighted by atomic mass is 16.6. The summed E-state index contributed by atoms with van der Waals surface area (Å²) in [5.74, 6) is 1.75. The van der Waals surface area contributed by atoms with Crippen molar-refractivity contribution in [1.29, 1.82) is 0 Å². The summed E-state index contributed by atoms with van der Waals surface area (Å²) in [5, 5.41) is 0. The van der Waals surface area contributed by atoms with E-state index in [2.05, 4.69) is 6.58 Å². The molecule has 0 unspecified atom stereocenters. The maximum Gasteiger partial charge on any atom is 0.330 e. The van der Waals surface area contributed by atoms with Crippen molar-refractivity contribution in [1.82, 2.24) is 0 Å². The predicted molar refractivity (Wildman–Crippen MR) is 86.5 cm³/mol. The molecule has 4 bridgehead atoms. The molecule has 0 aromatic rings. The molecule has 0 saturated heterocycles. The Hall–Kier alpha value is -1.32. The van der Waals surface area contributed by atoms with E-state index in [1.165, 1.54) is 19.3 Å². The van der Waals surface area contributed by atoms with Crippen molar-refractivity contribution in [2.45, 2.75) is 64.4 Å². The third kappa shape index (κ3) is 3.46. The van der Waals surface area contributed by atoms with Crippen LogP contribution in [-0.2, 0) is 19.1 Å². The first-order chi connectivity index (χ1) is 10.8. The maximum atomic E-state index is 12.7. The van der Waals surface area contributed by atoms with Gasteiger partial charge in [0.05, 0.1) is 12.0 Å². The molecule has 0 spiro atoms. The lowest BCUT2D eigenvalue weighted by atomic mass is 9.49. The van der Waals surface area contributed by atoms with Crippen LogP contribution in [0.15, 0.2) is 12.7 Å². The average Bonchev–Trinajstić information content (AvgIpc) is 2.44. The van der Waals surface area contributed by atoms with E-state index >= 15 is 0 Å². The number of esters is 2. The first kappa shape index (κ1) is 16.5. The Balaban J connectivity index is 1.52. The smallest absolute Gasteiger partial charge is 0.330 e. The lowest BCUT2D eigenvalue weighted by Gasteiger charge is -2.55. The van der Waals surface area contributed by atoms with E-state index in [4.69, 9.17) is 9.47 Å². The highest BCUT2D eigenvalue weighted by Gasteiger charge is 2.55. The molecule has 0 aromatic carbocycles. The van der Waals surface area contributed by atoms with Crippen LogP contribution < -0.4 is 0 Å². The summed E-state index contributed by atoms with van der Waals surface area (Å²) in [5.41, 5.74) is -0.857. The van der Waals surface area contributed by atoms with Gasteiger partial charge in [-0.05, 0) is 70.1 Å². The molecule has 4 saturated carbocycles. The highest BCUT2D eigenvalue weighted by Crippen LogP contribution is 2.60. The van der Waals surface area contributed by atoms with E-state index in [9.17, 15) is 9.59 Å². The molecule has 0 atom stereocenters. The van der Waals surface area contributed by atoms with Crippen molar-refractivity contribution in [2.75, 3.05) is 6.61 Å². The van der Waals surface area contributed by atoms with Crippen molar-refractivity contribution < 1.29 is 19.1 Å². The van der Waals surface area contributed by atoms with Crippen LogP contribution in [0.1, 0.15) is 58.8 Å². The molecule has 0 amide bonds. The predicted octanol–water partition coefficient (Wildman–Crippen LogP) is 3.64. The minimum absolute atomic E-state index is 0.0116. The van der Waals surface area contributed by atoms with Gasteiger partial charge in [0, 0.05) is 12.5 Å². The van der Waals surface area contributed by atoms with Crippen molar-refractivity contribution in [3.63, 3.8) is 0 Å². The zero-order valence-corrected chi connectivity index (χ0v) is 14.3. The van der Waals surface area contributed by atoms with Crippen LogP contribution in [0.3, 0.4) is 0 Å². The summed E-state index contributed by atoms with van der Waals surface area (Å²) in [4.78, 5) is 24.0. The van der Waals surface area contributed by atoms with Gasteiger partial charge in [0.2, 0.25) is 0 Å². The Morgan fingerprint density at radius 2 is 1.65 bits per heavy atom. The lowest BCUT2D eigenvalue weighted by molar-refractivity contribution is -0.173.